The van der Waals surface area contributed by atoms with Crippen molar-refractivity contribution in [2.24, 2.45) is 5.92 Å². The van der Waals surface area contributed by atoms with Crippen molar-refractivity contribution in [2.45, 2.75) is 63.8 Å². The topological polar surface area (TPSA) is 62.5 Å². The predicted octanol–water partition coefficient (Wildman–Crippen LogP) is 5.57. The number of carbonyl (C=O) groups is 1. The molecule has 1 aromatic carbocycles. The smallest absolute Gasteiger partial charge is 0.399 e. The molecule has 2 aliphatic rings. The lowest BCUT2D eigenvalue weighted by molar-refractivity contribution is -0.186. The fourth-order valence-electron chi connectivity index (χ4n) is 5.06. The molecule has 0 bridgehead atoms. The highest BCUT2D eigenvalue weighted by Crippen LogP contribution is 2.37. The molecule has 1 aromatic heterocycles. The SMILES string of the molecule is Nc1ccnc(CN2c3cccc(Cl)c3CN(C(=O)C(F)(F)F)C[C@H]2CCC2CCCC2)c1. The number of fused-ring (bicyclic) bond motifs is 1. The Labute approximate surface area is 196 Å². The molecule has 0 radical (unpaired) electrons. The third-order valence-corrected chi connectivity index (χ3v) is 7.06. The van der Waals surface area contributed by atoms with Gasteiger partial charge in [-0.2, -0.15) is 13.2 Å². The summed E-state index contributed by atoms with van der Waals surface area (Å²) in [5, 5.41) is 0.342. The molecule has 2 aromatic rings. The first-order chi connectivity index (χ1) is 15.7. The van der Waals surface area contributed by atoms with Gasteiger partial charge in [0.15, 0.2) is 0 Å². The number of rotatable bonds is 5. The van der Waals surface area contributed by atoms with Crippen LogP contribution in [0.3, 0.4) is 0 Å². The Morgan fingerprint density at radius 1 is 1.18 bits per heavy atom. The second kappa shape index (κ2) is 9.79. The quantitative estimate of drug-likeness (QED) is 0.608. The fraction of sp³-hybridized carbons (Fsp3) is 0.500. The van der Waals surface area contributed by atoms with E-state index in [4.69, 9.17) is 17.3 Å². The molecule has 5 nitrogen and oxygen atoms in total. The summed E-state index contributed by atoms with van der Waals surface area (Å²) in [6.45, 7) is 0.147. The first-order valence-electron chi connectivity index (χ1n) is 11.3. The third kappa shape index (κ3) is 5.54. The third-order valence-electron chi connectivity index (χ3n) is 6.71. The van der Waals surface area contributed by atoms with Crippen LogP contribution in [0.2, 0.25) is 5.02 Å². The van der Waals surface area contributed by atoms with E-state index in [0.717, 1.165) is 29.8 Å². The Hall–Kier alpha value is -2.48. The summed E-state index contributed by atoms with van der Waals surface area (Å²) in [6.07, 6.45) is 2.97. The Morgan fingerprint density at radius 2 is 1.94 bits per heavy atom. The Balaban J connectivity index is 1.72. The van der Waals surface area contributed by atoms with Crippen LogP contribution in [0.15, 0.2) is 36.5 Å². The molecule has 2 heterocycles. The number of carbonyl (C=O) groups excluding carboxylic acids is 1. The molecule has 1 atom stereocenters. The molecule has 178 valence electrons. The summed E-state index contributed by atoms with van der Waals surface area (Å²) in [5.41, 5.74) is 8.47. The minimum atomic E-state index is -4.94. The number of nitrogens with two attached hydrogens (primary N) is 1. The fourth-order valence-corrected chi connectivity index (χ4v) is 5.29. The van der Waals surface area contributed by atoms with E-state index in [9.17, 15) is 18.0 Å². The summed E-state index contributed by atoms with van der Waals surface area (Å²) in [6, 6.07) is 8.44. The minimum Gasteiger partial charge on any atom is -0.399 e. The lowest BCUT2D eigenvalue weighted by atomic mass is 9.97. The van der Waals surface area contributed by atoms with Gasteiger partial charge in [0.1, 0.15) is 0 Å². The molecule has 1 saturated carbocycles. The van der Waals surface area contributed by atoms with E-state index in [1.165, 1.54) is 12.8 Å². The van der Waals surface area contributed by atoms with Crippen molar-refractivity contribution >= 4 is 28.9 Å². The van der Waals surface area contributed by atoms with Crippen LogP contribution in [0.4, 0.5) is 24.5 Å². The molecular formula is C24H28ClF3N4O. The van der Waals surface area contributed by atoms with Crippen molar-refractivity contribution in [1.82, 2.24) is 9.88 Å². The maximum Gasteiger partial charge on any atom is 0.471 e. The number of nitrogens with zero attached hydrogens (tertiary/aromatic N) is 3. The van der Waals surface area contributed by atoms with E-state index in [1.54, 1.807) is 30.5 Å². The summed E-state index contributed by atoms with van der Waals surface area (Å²) >= 11 is 6.44. The number of nitrogen functional groups attached to an aromatic ring is 1. The van der Waals surface area contributed by atoms with Crippen molar-refractivity contribution in [3.05, 3.63) is 52.8 Å². The summed E-state index contributed by atoms with van der Waals surface area (Å²) < 4.78 is 40.3. The van der Waals surface area contributed by atoms with Gasteiger partial charge in [0.05, 0.1) is 12.2 Å². The molecule has 0 unspecified atom stereocenters. The summed E-state index contributed by atoms with van der Waals surface area (Å²) in [7, 11) is 0. The van der Waals surface area contributed by atoms with E-state index in [1.807, 2.05) is 6.07 Å². The number of amides is 1. The van der Waals surface area contributed by atoms with Gasteiger partial charge in [-0.25, -0.2) is 0 Å². The molecule has 1 fully saturated rings. The Bertz CT molecular complexity index is 994. The second-order valence-electron chi connectivity index (χ2n) is 9.01. The van der Waals surface area contributed by atoms with Gasteiger partial charge < -0.3 is 15.5 Å². The highest BCUT2D eigenvalue weighted by molar-refractivity contribution is 6.31. The van der Waals surface area contributed by atoms with Gasteiger partial charge in [0.25, 0.3) is 0 Å². The van der Waals surface area contributed by atoms with Crippen LogP contribution < -0.4 is 10.6 Å². The molecule has 9 heteroatoms. The van der Waals surface area contributed by atoms with Gasteiger partial charge in [0.2, 0.25) is 0 Å². The van der Waals surface area contributed by atoms with Crippen LogP contribution in [-0.2, 0) is 17.9 Å². The van der Waals surface area contributed by atoms with E-state index >= 15 is 0 Å². The van der Waals surface area contributed by atoms with E-state index in [2.05, 4.69) is 9.88 Å². The predicted molar refractivity (Wildman–Crippen MR) is 123 cm³/mol. The zero-order valence-corrected chi connectivity index (χ0v) is 19.1. The standard InChI is InChI=1S/C24H28ClF3N4O/c25-21-6-3-7-22-20(21)15-31(23(33)24(26,27)28)14-19(9-8-16-4-1-2-5-16)32(22)13-18-12-17(29)10-11-30-18/h3,6-7,10-12,16,19H,1-2,4-5,8-9,13-15H2,(H2,29,30)/t19-/m1/s1. The van der Waals surface area contributed by atoms with Crippen molar-refractivity contribution in [3.8, 4) is 0 Å². The largest absolute Gasteiger partial charge is 0.471 e. The van der Waals surface area contributed by atoms with Gasteiger partial charge >= 0.3 is 12.1 Å². The summed E-state index contributed by atoms with van der Waals surface area (Å²) in [5.74, 6) is -1.26. The van der Waals surface area contributed by atoms with Gasteiger partial charge in [-0.3, -0.25) is 9.78 Å². The lowest BCUT2D eigenvalue weighted by Crippen LogP contribution is -2.47. The lowest BCUT2D eigenvalue weighted by Gasteiger charge is -2.35. The summed E-state index contributed by atoms with van der Waals surface area (Å²) in [4.78, 5) is 19.7. The first-order valence-corrected chi connectivity index (χ1v) is 11.7. The molecular weight excluding hydrogens is 453 g/mol. The van der Waals surface area contributed by atoms with Crippen LogP contribution in [0.1, 0.15) is 49.8 Å². The zero-order chi connectivity index (χ0) is 23.6. The van der Waals surface area contributed by atoms with Crippen molar-refractivity contribution in [2.75, 3.05) is 17.2 Å². The number of halogens is 4. The number of hydrogen-bond donors (Lipinski definition) is 1. The second-order valence-corrected chi connectivity index (χ2v) is 9.42. The number of benzene rings is 1. The zero-order valence-electron chi connectivity index (χ0n) is 18.3. The van der Waals surface area contributed by atoms with Gasteiger partial charge in [-0.15, -0.1) is 0 Å². The van der Waals surface area contributed by atoms with Crippen molar-refractivity contribution in [3.63, 3.8) is 0 Å². The number of hydrogen-bond acceptors (Lipinski definition) is 4. The van der Waals surface area contributed by atoms with E-state index in [-0.39, 0.29) is 19.1 Å². The normalized spacial score (nSPS) is 19.5. The molecule has 1 amide bonds. The number of anilines is 2. The Morgan fingerprint density at radius 3 is 2.64 bits per heavy atom. The molecule has 4 rings (SSSR count). The maximum absolute atomic E-state index is 13.4. The molecule has 0 saturated heterocycles. The maximum atomic E-state index is 13.4. The molecule has 1 aliphatic carbocycles. The molecule has 1 aliphatic heterocycles. The van der Waals surface area contributed by atoms with Crippen LogP contribution in [-0.4, -0.2) is 34.6 Å². The average Bonchev–Trinajstić information content (AvgIpc) is 3.23. The molecule has 2 N–H and O–H groups in total. The van der Waals surface area contributed by atoms with Crippen LogP contribution in [0.5, 0.6) is 0 Å². The van der Waals surface area contributed by atoms with E-state index in [0.29, 0.717) is 40.9 Å². The number of pyridine rings is 1. The van der Waals surface area contributed by atoms with Crippen molar-refractivity contribution in [1.29, 1.82) is 0 Å². The van der Waals surface area contributed by atoms with E-state index < -0.39 is 12.1 Å². The van der Waals surface area contributed by atoms with Crippen molar-refractivity contribution < 1.29 is 18.0 Å². The monoisotopic (exact) mass is 480 g/mol. The molecule has 33 heavy (non-hydrogen) atoms. The van der Waals surface area contributed by atoms with Crippen LogP contribution in [0, 0.1) is 5.92 Å². The highest BCUT2D eigenvalue weighted by atomic mass is 35.5. The number of aromatic nitrogens is 1. The van der Waals surface area contributed by atoms with Gasteiger partial charge in [0, 0.05) is 47.3 Å². The molecule has 0 spiro atoms. The first kappa shape index (κ1) is 23.7. The number of alkyl halides is 3. The van der Waals surface area contributed by atoms with Gasteiger partial charge in [-0.1, -0.05) is 43.4 Å². The van der Waals surface area contributed by atoms with Crippen LogP contribution >= 0.6 is 11.6 Å². The average molecular weight is 481 g/mol. The minimum absolute atomic E-state index is 0.0294. The van der Waals surface area contributed by atoms with Crippen LogP contribution in [0.25, 0.3) is 0 Å². The highest BCUT2D eigenvalue weighted by Gasteiger charge is 2.44. The Kier molecular flexibility index (Phi) is 7.02. The van der Waals surface area contributed by atoms with Gasteiger partial charge in [-0.05, 0) is 43.0 Å².